The van der Waals surface area contributed by atoms with Crippen molar-refractivity contribution < 1.29 is 32.2 Å². The molecule has 5 aromatic rings. The summed E-state index contributed by atoms with van der Waals surface area (Å²) in [6.07, 6.45) is 3.74. The Kier molecular flexibility index (Phi) is 10.3. The van der Waals surface area contributed by atoms with Crippen molar-refractivity contribution in [1.82, 2.24) is 19.1 Å². The highest BCUT2D eigenvalue weighted by Crippen LogP contribution is 2.39. The zero-order chi connectivity index (χ0) is 33.9. The first-order chi connectivity index (χ1) is 22.3. The number of hydrogen-bond donors (Lipinski definition) is 0. The molecule has 0 amide bonds. The molecule has 12 nitrogen and oxygen atoms in total. The van der Waals surface area contributed by atoms with Gasteiger partial charge in [0.15, 0.2) is 0 Å². The van der Waals surface area contributed by atoms with E-state index in [-0.39, 0.29) is 27.3 Å². The maximum Gasteiger partial charge on any atom is 0.435 e. The fourth-order valence-electron chi connectivity index (χ4n) is 4.33. The number of benzene rings is 3. The van der Waals surface area contributed by atoms with Gasteiger partial charge in [0.2, 0.25) is 5.13 Å². The summed E-state index contributed by atoms with van der Waals surface area (Å²) in [5, 5.41) is 4.38. The average Bonchev–Trinajstić information content (AvgIpc) is 3.74. The van der Waals surface area contributed by atoms with Gasteiger partial charge in [0, 0.05) is 44.1 Å². The standard InChI is InChI=1S/C31H29ClIN5O7S2/c1-31(2,3)45-30(39)37-16-20(15-35-37)24-12-21(33)7-10-26(24)44-27-11-9-23(14-25(27)32)47(40,41)38(29-34-18-36-46-29)17-19-6-8-22(42-4)13-28(19)43-5/h6-16,18H,17H2,1-5H3. The monoisotopic (exact) mass is 809 g/mol. The molecule has 3 aromatic carbocycles. The van der Waals surface area contributed by atoms with Crippen LogP contribution in [0.2, 0.25) is 5.02 Å². The summed E-state index contributed by atoms with van der Waals surface area (Å²) in [4.78, 5) is 16.6. The molecule has 0 saturated carbocycles. The quantitative estimate of drug-likeness (QED) is 0.130. The van der Waals surface area contributed by atoms with Gasteiger partial charge in [-0.05, 0) is 91.9 Å². The zero-order valence-electron chi connectivity index (χ0n) is 25.8. The third kappa shape index (κ3) is 7.97. The van der Waals surface area contributed by atoms with E-state index < -0.39 is 21.7 Å². The fourth-order valence-corrected chi connectivity index (χ4v) is 7.26. The van der Waals surface area contributed by atoms with Crippen molar-refractivity contribution in [2.45, 2.75) is 37.8 Å². The third-order valence-electron chi connectivity index (χ3n) is 6.50. The van der Waals surface area contributed by atoms with Crippen molar-refractivity contribution in [2.24, 2.45) is 0 Å². The number of methoxy groups -OCH3 is 2. The average molecular weight is 810 g/mol. The normalized spacial score (nSPS) is 11.6. The molecule has 0 spiro atoms. The lowest BCUT2D eigenvalue weighted by atomic mass is 10.1. The van der Waals surface area contributed by atoms with Crippen LogP contribution in [0.1, 0.15) is 26.3 Å². The number of anilines is 1. The third-order valence-corrected chi connectivity index (χ3v) is 10.0. The number of rotatable bonds is 10. The summed E-state index contributed by atoms with van der Waals surface area (Å²) >= 11 is 9.75. The number of ether oxygens (including phenoxy) is 4. The van der Waals surface area contributed by atoms with Gasteiger partial charge in [-0.3, -0.25) is 0 Å². The number of sulfonamides is 1. The van der Waals surface area contributed by atoms with Crippen LogP contribution in [0.15, 0.2) is 78.2 Å². The minimum absolute atomic E-state index is 0.0549. The van der Waals surface area contributed by atoms with Gasteiger partial charge in [-0.2, -0.15) is 14.2 Å². The van der Waals surface area contributed by atoms with Crippen LogP contribution in [-0.4, -0.2) is 53.5 Å². The maximum atomic E-state index is 14.1. The number of nitrogens with zero attached hydrogens (tertiary/aromatic N) is 5. The highest BCUT2D eigenvalue weighted by molar-refractivity contribution is 14.1. The Hall–Kier alpha value is -3.93. The molecule has 16 heteroatoms. The second-order valence-electron chi connectivity index (χ2n) is 10.9. The van der Waals surface area contributed by atoms with Gasteiger partial charge in [0.1, 0.15) is 34.9 Å². The van der Waals surface area contributed by atoms with Gasteiger partial charge >= 0.3 is 6.09 Å². The molecule has 0 N–H and O–H groups in total. The highest BCUT2D eigenvalue weighted by Gasteiger charge is 2.30. The molecule has 5 rings (SSSR count). The van der Waals surface area contributed by atoms with Crippen molar-refractivity contribution in [3.63, 3.8) is 0 Å². The van der Waals surface area contributed by atoms with Gasteiger partial charge in [-0.25, -0.2) is 22.5 Å². The molecular formula is C31H29ClIN5O7S2. The number of carbonyl (C=O) groups is 1. The second kappa shape index (κ2) is 14.0. The Morgan fingerprint density at radius 3 is 2.45 bits per heavy atom. The number of carbonyl (C=O) groups excluding carboxylic acids is 1. The SMILES string of the molecule is COc1ccc(CN(c2ncns2)S(=O)(=O)c2ccc(Oc3ccc(I)cc3-c3cnn(C(=O)OC(C)(C)C)c3)c(Cl)c2)c(OC)c1. The lowest BCUT2D eigenvalue weighted by molar-refractivity contribution is 0.0514. The van der Waals surface area contributed by atoms with Crippen molar-refractivity contribution in [3.05, 3.63) is 87.5 Å². The Morgan fingerprint density at radius 1 is 1.02 bits per heavy atom. The molecule has 0 atom stereocenters. The van der Waals surface area contributed by atoms with Crippen LogP contribution in [0.4, 0.5) is 9.93 Å². The number of hydrogen-bond acceptors (Lipinski definition) is 11. The van der Waals surface area contributed by atoms with E-state index in [1.165, 1.54) is 44.9 Å². The molecule has 0 radical (unpaired) electrons. The number of halogens is 2. The summed E-state index contributed by atoms with van der Waals surface area (Å²) in [5.74, 6) is 1.63. The lowest BCUT2D eigenvalue weighted by Crippen LogP contribution is -2.30. The number of aromatic nitrogens is 4. The molecule has 246 valence electrons. The molecular weight excluding hydrogens is 781 g/mol. The van der Waals surface area contributed by atoms with E-state index in [4.69, 9.17) is 30.5 Å². The van der Waals surface area contributed by atoms with E-state index in [1.807, 2.05) is 12.1 Å². The highest BCUT2D eigenvalue weighted by atomic mass is 127. The molecule has 2 heterocycles. The van der Waals surface area contributed by atoms with Crippen LogP contribution in [-0.2, 0) is 21.3 Å². The van der Waals surface area contributed by atoms with Crippen molar-refractivity contribution in [2.75, 3.05) is 18.5 Å². The minimum atomic E-state index is -4.19. The molecule has 0 aliphatic rings. The minimum Gasteiger partial charge on any atom is -0.497 e. The topological polar surface area (TPSA) is 135 Å². The van der Waals surface area contributed by atoms with E-state index >= 15 is 0 Å². The fraction of sp³-hybridized carbons (Fsp3) is 0.226. The molecule has 47 heavy (non-hydrogen) atoms. The van der Waals surface area contributed by atoms with Crippen molar-refractivity contribution in [1.29, 1.82) is 0 Å². The lowest BCUT2D eigenvalue weighted by Gasteiger charge is -2.23. The molecule has 2 aromatic heterocycles. The molecule has 0 unspecified atom stereocenters. The van der Waals surface area contributed by atoms with Gasteiger partial charge in [-0.15, -0.1) is 0 Å². The van der Waals surface area contributed by atoms with Crippen LogP contribution in [0.5, 0.6) is 23.0 Å². The Balaban J connectivity index is 1.45. The first-order valence-corrected chi connectivity index (χ1v) is 17.5. The first kappa shape index (κ1) is 34.4. The molecule has 0 bridgehead atoms. The van der Waals surface area contributed by atoms with E-state index in [0.29, 0.717) is 33.9 Å². The summed E-state index contributed by atoms with van der Waals surface area (Å²) in [6, 6.07) is 14.8. The Labute approximate surface area is 294 Å². The zero-order valence-corrected chi connectivity index (χ0v) is 30.3. The van der Waals surface area contributed by atoms with Crippen LogP contribution >= 0.6 is 45.7 Å². The van der Waals surface area contributed by atoms with Crippen molar-refractivity contribution in [3.8, 4) is 34.1 Å². The molecule has 0 saturated heterocycles. The maximum absolute atomic E-state index is 14.1. The summed E-state index contributed by atoms with van der Waals surface area (Å²) in [5.41, 5.74) is 1.13. The van der Waals surface area contributed by atoms with E-state index in [1.54, 1.807) is 51.2 Å². The molecule has 0 fully saturated rings. The van der Waals surface area contributed by atoms with Crippen molar-refractivity contribution >= 4 is 67.0 Å². The van der Waals surface area contributed by atoms with E-state index in [2.05, 4.69) is 37.0 Å². The predicted octanol–water partition coefficient (Wildman–Crippen LogP) is 7.65. The predicted molar refractivity (Wildman–Crippen MR) is 186 cm³/mol. The smallest absolute Gasteiger partial charge is 0.435 e. The van der Waals surface area contributed by atoms with Gasteiger partial charge in [-0.1, -0.05) is 11.6 Å². The van der Waals surface area contributed by atoms with Gasteiger partial charge in [0.05, 0.1) is 36.9 Å². The van der Waals surface area contributed by atoms with E-state index in [9.17, 15) is 13.2 Å². The second-order valence-corrected chi connectivity index (χ2v) is 15.2. The Morgan fingerprint density at radius 2 is 1.79 bits per heavy atom. The van der Waals surface area contributed by atoms with Gasteiger partial charge in [0.25, 0.3) is 10.0 Å². The van der Waals surface area contributed by atoms with Crippen LogP contribution in [0.3, 0.4) is 0 Å². The Bertz CT molecular complexity index is 2010. The first-order valence-electron chi connectivity index (χ1n) is 13.8. The van der Waals surface area contributed by atoms with Crippen LogP contribution in [0, 0.1) is 3.57 Å². The molecule has 0 aliphatic heterocycles. The largest absolute Gasteiger partial charge is 0.497 e. The van der Waals surface area contributed by atoms with Crippen LogP contribution in [0.25, 0.3) is 11.1 Å². The molecule has 0 aliphatic carbocycles. The van der Waals surface area contributed by atoms with E-state index in [0.717, 1.165) is 24.1 Å². The summed E-state index contributed by atoms with van der Waals surface area (Å²) in [7, 11) is -1.17. The summed E-state index contributed by atoms with van der Waals surface area (Å²) in [6.45, 7) is 5.22. The van der Waals surface area contributed by atoms with Gasteiger partial charge < -0.3 is 18.9 Å². The van der Waals surface area contributed by atoms with Crippen LogP contribution < -0.4 is 18.5 Å². The summed E-state index contributed by atoms with van der Waals surface area (Å²) < 4.78 is 57.7.